The van der Waals surface area contributed by atoms with E-state index in [1.54, 1.807) is 7.11 Å². The Balaban J connectivity index is 0.856. The summed E-state index contributed by atoms with van der Waals surface area (Å²) in [5.41, 5.74) is 0.582. The second-order valence-electron chi connectivity index (χ2n) is 24.1. The fourth-order valence-corrected chi connectivity index (χ4v) is 15.2. The Morgan fingerprint density at radius 3 is 1.85 bits per heavy atom. The fraction of sp³-hybridized carbons (Fsp3) is 0.962. The van der Waals surface area contributed by atoms with Gasteiger partial charge in [-0.1, -0.05) is 32.4 Å². The smallest absolute Gasteiger partial charge is 0.187 e. The first-order chi connectivity index (χ1) is 35.0. The number of ether oxygens (including phenoxy) is 10. The minimum absolute atomic E-state index is 0.0235. The molecule has 0 radical (unpaired) electrons. The van der Waals surface area contributed by atoms with Crippen LogP contribution in [0.4, 0.5) is 0 Å². The molecule has 0 amide bonds. The van der Waals surface area contributed by atoms with Gasteiger partial charge in [0.05, 0.1) is 55.9 Å². The Labute approximate surface area is 432 Å². The number of rotatable bonds is 15. The van der Waals surface area contributed by atoms with Crippen molar-refractivity contribution in [2.45, 2.75) is 246 Å². The van der Waals surface area contributed by atoms with Crippen molar-refractivity contribution in [2.75, 3.05) is 26.9 Å². The van der Waals surface area contributed by atoms with Gasteiger partial charge < -0.3 is 109 Å². The van der Waals surface area contributed by atoms with Crippen molar-refractivity contribution < 1.29 is 109 Å². The Morgan fingerprint density at radius 2 is 1.23 bits per heavy atom. The number of fused-ring (bicyclic) bond motifs is 7. The van der Waals surface area contributed by atoms with E-state index >= 15 is 0 Å². The third-order valence-corrected chi connectivity index (χ3v) is 19.7. The Kier molecular flexibility index (Phi) is 17.4. The van der Waals surface area contributed by atoms with E-state index in [9.17, 15) is 61.3 Å². The summed E-state index contributed by atoms with van der Waals surface area (Å²) >= 11 is 0. The molecule has 1 unspecified atom stereocenters. The van der Waals surface area contributed by atoms with Crippen molar-refractivity contribution in [1.82, 2.24) is 0 Å². The number of allylic oxidation sites excluding steroid dienone is 1. The van der Waals surface area contributed by atoms with Gasteiger partial charge in [0.2, 0.25) is 0 Å². The van der Waals surface area contributed by atoms with Crippen molar-refractivity contribution in [2.24, 2.45) is 40.4 Å². The minimum atomic E-state index is -1.74. The molecule has 74 heavy (non-hydrogen) atoms. The summed E-state index contributed by atoms with van der Waals surface area (Å²) in [5, 5.41) is 127. The average molecular weight is 1060 g/mol. The van der Waals surface area contributed by atoms with Gasteiger partial charge in [0.15, 0.2) is 25.2 Å². The highest BCUT2D eigenvalue weighted by Gasteiger charge is 2.70. The molecule has 426 valence electrons. The summed E-state index contributed by atoms with van der Waals surface area (Å²) in [4.78, 5) is 0. The lowest BCUT2D eigenvalue weighted by molar-refractivity contribution is -0.388. The van der Waals surface area contributed by atoms with Gasteiger partial charge in [-0.25, -0.2) is 0 Å². The van der Waals surface area contributed by atoms with Crippen LogP contribution in [0.15, 0.2) is 11.6 Å². The molecule has 5 heterocycles. The minimum Gasteiger partial charge on any atom is -0.394 e. The van der Waals surface area contributed by atoms with Crippen LogP contribution in [0.5, 0.6) is 0 Å². The molecule has 5 saturated heterocycles. The van der Waals surface area contributed by atoms with Crippen LogP contribution < -0.4 is 0 Å². The van der Waals surface area contributed by atoms with E-state index in [-0.39, 0.29) is 41.5 Å². The van der Waals surface area contributed by atoms with E-state index in [1.807, 2.05) is 6.92 Å². The van der Waals surface area contributed by atoms with Crippen molar-refractivity contribution in [3.05, 3.63) is 11.6 Å². The first-order valence-electron chi connectivity index (χ1n) is 27.1. The maximum absolute atomic E-state index is 12.1. The van der Waals surface area contributed by atoms with Crippen LogP contribution in [0, 0.1) is 40.4 Å². The van der Waals surface area contributed by atoms with E-state index in [4.69, 9.17) is 47.4 Å². The Morgan fingerprint density at radius 1 is 0.635 bits per heavy atom. The highest BCUT2D eigenvalue weighted by atomic mass is 16.8. The van der Waals surface area contributed by atoms with Crippen LogP contribution in [-0.2, 0) is 47.4 Å². The lowest BCUT2D eigenvalue weighted by Crippen LogP contribution is -2.66. The number of aliphatic hydroxyl groups excluding tert-OH is 12. The molecule has 22 heteroatoms. The van der Waals surface area contributed by atoms with E-state index in [0.29, 0.717) is 30.6 Å². The quantitative estimate of drug-likeness (QED) is 0.0828. The van der Waals surface area contributed by atoms with Gasteiger partial charge in [-0.3, -0.25) is 0 Å². The first-order valence-corrected chi connectivity index (χ1v) is 27.1. The van der Waals surface area contributed by atoms with Crippen LogP contribution in [0.2, 0.25) is 0 Å². The van der Waals surface area contributed by atoms with E-state index in [1.165, 1.54) is 19.4 Å². The normalized spacial score (nSPS) is 54.9. The molecule has 9 rings (SSSR count). The molecule has 12 N–H and O–H groups in total. The molecule has 0 aromatic carbocycles. The topological polar surface area (TPSA) is 335 Å². The predicted octanol–water partition coefficient (Wildman–Crippen LogP) is -1.53. The first kappa shape index (κ1) is 57.5. The van der Waals surface area contributed by atoms with Crippen molar-refractivity contribution in [1.29, 1.82) is 0 Å². The summed E-state index contributed by atoms with van der Waals surface area (Å²) < 4.78 is 61.6. The average Bonchev–Trinajstić information content (AvgIpc) is 3.85. The van der Waals surface area contributed by atoms with E-state index in [0.717, 1.165) is 44.9 Å². The molecule has 4 aliphatic carbocycles. The van der Waals surface area contributed by atoms with Gasteiger partial charge in [0.25, 0.3) is 0 Å². The van der Waals surface area contributed by atoms with Crippen molar-refractivity contribution in [3.63, 3.8) is 0 Å². The van der Waals surface area contributed by atoms with E-state index in [2.05, 4.69) is 26.8 Å². The molecular formula is C52H86O22. The standard InChI is InChI=1S/C52H86O22/c1-21(20-66-46-39(61)38(60)35(57)30(18-53)71-46)8-11-32-52(6,65-7)45-29(70-32)17-28-26-10-9-24-16-25(12-14-50(24,4)27(26)13-15-51(28,45)5)69-49-44(74-48-41(63)37(59)34(56)23(3)68-48)42(64)43(31(19-54)72-49)73-47-40(62)36(58)33(55)22(2)67-47/h9,21-23,25-49,53-64H,8,10-20H2,1-7H3/t21-,22+,23+,25+,26-,27+,28+,29+,30-,31-,32?,33+,34+,35-,36-,37-,38+,39-,40-,41-,42+,43-,44-,45+,46-,47+,48+,49-,50+,51+,52-/m1/s1. The van der Waals surface area contributed by atoms with Crippen LogP contribution in [0.25, 0.3) is 0 Å². The monoisotopic (exact) mass is 1060 g/mol. The molecule has 31 atom stereocenters. The molecule has 0 spiro atoms. The molecule has 5 aliphatic heterocycles. The summed E-state index contributed by atoms with van der Waals surface area (Å²) in [6.07, 6.45) is -19.5. The molecule has 0 bridgehead atoms. The predicted molar refractivity (Wildman–Crippen MR) is 254 cm³/mol. The summed E-state index contributed by atoms with van der Waals surface area (Å²) in [6, 6.07) is 0. The van der Waals surface area contributed by atoms with Crippen LogP contribution >= 0.6 is 0 Å². The van der Waals surface area contributed by atoms with Gasteiger partial charge in [0.1, 0.15) is 85.5 Å². The zero-order valence-corrected chi connectivity index (χ0v) is 43.7. The fourth-order valence-electron chi connectivity index (χ4n) is 15.2. The molecule has 8 fully saturated rings. The maximum Gasteiger partial charge on any atom is 0.187 e. The van der Waals surface area contributed by atoms with Gasteiger partial charge in [-0.15, -0.1) is 0 Å². The van der Waals surface area contributed by atoms with Crippen LogP contribution in [0.1, 0.15) is 99.3 Å². The largest absolute Gasteiger partial charge is 0.394 e. The van der Waals surface area contributed by atoms with Gasteiger partial charge in [-0.05, 0) is 113 Å². The maximum atomic E-state index is 12.1. The summed E-state index contributed by atoms with van der Waals surface area (Å²) in [7, 11) is 1.79. The highest BCUT2D eigenvalue weighted by molar-refractivity contribution is 5.27. The van der Waals surface area contributed by atoms with Gasteiger partial charge in [0, 0.05) is 13.0 Å². The number of methoxy groups -OCH3 is 1. The summed E-state index contributed by atoms with van der Waals surface area (Å²) in [5.74, 6) is 1.43. The lowest BCUT2D eigenvalue weighted by Gasteiger charge is -2.59. The SMILES string of the molecule is CO[C@]1(C)C(CC[C@@H](C)CO[C@@H]2O[C@H](CO)[C@@H](O)[C@H](O)[C@H]2O)O[C@H]2C[C@H]3[C@@H]4CC=C5C[C@@H](O[C@@H]6O[C@H](CO)[C@@H](O[C@@H]7O[C@@H](C)[C@H](O)[C@@H](O)[C@H]7O)[C@H](O)[C@H]6O[C@@H]6O[C@@H](C)[C@H](O)[C@@H](O)[C@H]6O)CC[C@]5(C)[C@H]4CC[C@]3(C)[C@H]21. The van der Waals surface area contributed by atoms with Gasteiger partial charge in [-0.2, -0.15) is 0 Å². The zero-order chi connectivity index (χ0) is 53.5. The molecular weight excluding hydrogens is 977 g/mol. The molecule has 9 aliphatic rings. The zero-order valence-electron chi connectivity index (χ0n) is 43.7. The second kappa shape index (κ2) is 22.4. The third-order valence-electron chi connectivity index (χ3n) is 19.7. The Bertz CT molecular complexity index is 1920. The third kappa shape index (κ3) is 10.1. The molecule has 22 nitrogen and oxygen atoms in total. The van der Waals surface area contributed by atoms with E-state index < -0.39 is 148 Å². The second-order valence-corrected chi connectivity index (χ2v) is 24.1. The molecule has 0 aromatic rings. The van der Waals surface area contributed by atoms with Crippen LogP contribution in [-0.4, -0.2) is 235 Å². The number of hydrogen-bond acceptors (Lipinski definition) is 22. The Hall–Kier alpha value is -1.14. The van der Waals surface area contributed by atoms with Crippen molar-refractivity contribution >= 4 is 0 Å². The number of hydrogen-bond donors (Lipinski definition) is 12. The summed E-state index contributed by atoms with van der Waals surface area (Å²) in [6.45, 7) is 11.0. The number of aliphatic hydroxyl groups is 12. The van der Waals surface area contributed by atoms with Crippen molar-refractivity contribution in [3.8, 4) is 0 Å². The lowest BCUT2D eigenvalue weighted by atomic mass is 9.46. The van der Waals surface area contributed by atoms with Gasteiger partial charge >= 0.3 is 0 Å². The van der Waals surface area contributed by atoms with Crippen LogP contribution in [0.3, 0.4) is 0 Å². The molecule has 3 saturated carbocycles. The molecule has 0 aromatic heterocycles. The highest BCUT2D eigenvalue weighted by Crippen LogP contribution is 2.70.